The van der Waals surface area contributed by atoms with Gasteiger partial charge in [-0.1, -0.05) is 11.6 Å². The Bertz CT molecular complexity index is 504. The van der Waals surface area contributed by atoms with Crippen molar-refractivity contribution in [3.63, 3.8) is 0 Å². The Hall–Kier alpha value is -1.50. The first kappa shape index (κ1) is 16.6. The molecule has 0 saturated carbocycles. The third-order valence-electron chi connectivity index (χ3n) is 2.59. The maximum absolute atomic E-state index is 12.5. The summed E-state index contributed by atoms with van der Waals surface area (Å²) in [6.45, 7) is 3.43. The minimum Gasteiger partial charge on any atom is -0.481 e. The lowest BCUT2D eigenvalue weighted by molar-refractivity contribution is -0.138. The number of carboxylic acid groups (broad SMARTS) is 1. The van der Waals surface area contributed by atoms with Gasteiger partial charge in [-0.2, -0.15) is 13.2 Å². The van der Waals surface area contributed by atoms with Crippen LogP contribution in [0, 0.1) is 0 Å². The molecule has 0 amide bonds. The van der Waals surface area contributed by atoms with Crippen LogP contribution < -0.4 is 5.32 Å². The Labute approximate surface area is 119 Å². The summed E-state index contributed by atoms with van der Waals surface area (Å²) in [7, 11) is 0. The van der Waals surface area contributed by atoms with Crippen LogP contribution in [-0.2, 0) is 11.0 Å². The lowest BCUT2D eigenvalue weighted by Crippen LogP contribution is -2.32. The molecule has 4 nitrogen and oxygen atoms in total. The average Bonchev–Trinajstić information content (AvgIpc) is 2.28. The van der Waals surface area contributed by atoms with Crippen molar-refractivity contribution < 1.29 is 23.1 Å². The summed E-state index contributed by atoms with van der Waals surface area (Å²) in [5.74, 6) is -0.860. The molecule has 0 aromatic carbocycles. The second kappa shape index (κ2) is 5.87. The van der Waals surface area contributed by atoms with Crippen molar-refractivity contribution in [2.45, 2.75) is 38.4 Å². The Morgan fingerprint density at radius 1 is 1.45 bits per heavy atom. The highest BCUT2D eigenvalue weighted by molar-refractivity contribution is 6.33. The molecular formula is C12H14ClF3N2O2. The van der Waals surface area contributed by atoms with E-state index in [-0.39, 0.29) is 23.7 Å². The SMILES string of the molecule is CC(C)(CCC(=O)O)Nc1ncc(C(F)(F)F)cc1Cl. The number of nitrogens with zero attached hydrogens (tertiary/aromatic N) is 1. The molecule has 8 heteroatoms. The fraction of sp³-hybridized carbons (Fsp3) is 0.500. The minimum atomic E-state index is -4.51. The lowest BCUT2D eigenvalue weighted by atomic mass is 9.98. The standard InChI is InChI=1S/C12H14ClF3N2O2/c1-11(2,4-3-9(19)20)18-10-8(13)5-7(6-17-10)12(14,15)16/h5-6H,3-4H2,1-2H3,(H,17,18)(H,19,20). The number of rotatable bonds is 5. The van der Waals surface area contributed by atoms with Crippen LogP contribution in [0.4, 0.5) is 19.0 Å². The summed E-state index contributed by atoms with van der Waals surface area (Å²) in [5, 5.41) is 11.3. The van der Waals surface area contributed by atoms with Gasteiger partial charge in [-0.15, -0.1) is 0 Å². The van der Waals surface area contributed by atoms with Gasteiger partial charge in [0.15, 0.2) is 0 Å². The van der Waals surface area contributed by atoms with Crippen molar-refractivity contribution in [2.75, 3.05) is 5.32 Å². The zero-order chi connectivity index (χ0) is 15.6. The predicted octanol–water partition coefficient (Wildman–Crippen LogP) is 3.81. The molecule has 0 radical (unpaired) electrons. The molecule has 2 N–H and O–H groups in total. The van der Waals surface area contributed by atoms with Crippen LogP contribution in [0.5, 0.6) is 0 Å². The number of alkyl halides is 3. The third-order valence-corrected chi connectivity index (χ3v) is 2.88. The number of carboxylic acids is 1. The van der Waals surface area contributed by atoms with Crippen molar-refractivity contribution >= 4 is 23.4 Å². The smallest absolute Gasteiger partial charge is 0.417 e. The third kappa shape index (κ3) is 4.88. The number of hydrogen-bond acceptors (Lipinski definition) is 3. The van der Waals surface area contributed by atoms with E-state index in [2.05, 4.69) is 10.3 Å². The molecule has 20 heavy (non-hydrogen) atoms. The number of anilines is 1. The molecule has 0 saturated heterocycles. The van der Waals surface area contributed by atoms with E-state index in [9.17, 15) is 18.0 Å². The normalized spacial score (nSPS) is 12.3. The van der Waals surface area contributed by atoms with Crippen LogP contribution in [0.2, 0.25) is 5.02 Å². The minimum absolute atomic E-state index is 0.0712. The van der Waals surface area contributed by atoms with Gasteiger partial charge in [-0.3, -0.25) is 4.79 Å². The summed E-state index contributed by atoms with van der Waals surface area (Å²) >= 11 is 5.76. The summed E-state index contributed by atoms with van der Waals surface area (Å²) in [6, 6.07) is 0.782. The number of hydrogen-bond donors (Lipinski definition) is 2. The Balaban J connectivity index is 2.85. The summed E-state index contributed by atoms with van der Waals surface area (Å²) in [5.41, 5.74) is -1.59. The van der Waals surface area contributed by atoms with Gasteiger partial charge in [-0.25, -0.2) is 4.98 Å². The topological polar surface area (TPSA) is 62.2 Å². The Morgan fingerprint density at radius 2 is 2.05 bits per heavy atom. The molecule has 0 aliphatic carbocycles. The summed E-state index contributed by atoms with van der Waals surface area (Å²) < 4.78 is 37.4. The predicted molar refractivity (Wildman–Crippen MR) is 68.8 cm³/mol. The number of aliphatic carboxylic acids is 1. The monoisotopic (exact) mass is 310 g/mol. The highest BCUT2D eigenvalue weighted by Crippen LogP contribution is 2.33. The van der Waals surface area contributed by atoms with E-state index in [1.165, 1.54) is 0 Å². The number of nitrogens with one attached hydrogen (secondary N) is 1. The van der Waals surface area contributed by atoms with Crippen molar-refractivity contribution in [3.05, 3.63) is 22.8 Å². The van der Waals surface area contributed by atoms with E-state index in [0.717, 1.165) is 6.07 Å². The van der Waals surface area contributed by atoms with Crippen molar-refractivity contribution in [1.82, 2.24) is 4.98 Å². The quantitative estimate of drug-likeness (QED) is 0.868. The van der Waals surface area contributed by atoms with Gasteiger partial charge in [0, 0.05) is 18.2 Å². The van der Waals surface area contributed by atoms with Crippen LogP contribution in [0.3, 0.4) is 0 Å². The molecule has 0 bridgehead atoms. The second-order valence-corrected chi connectivity index (χ2v) is 5.36. The van der Waals surface area contributed by atoms with Gasteiger partial charge >= 0.3 is 12.1 Å². The first-order valence-corrected chi connectivity index (χ1v) is 6.12. The van der Waals surface area contributed by atoms with Gasteiger partial charge in [-0.05, 0) is 26.3 Å². The Morgan fingerprint density at radius 3 is 2.50 bits per heavy atom. The maximum atomic E-state index is 12.5. The summed E-state index contributed by atoms with van der Waals surface area (Å²) in [6.07, 6.45) is -3.62. The van der Waals surface area contributed by atoms with E-state index in [1.807, 2.05) is 0 Å². The van der Waals surface area contributed by atoms with Crippen LogP contribution in [0.1, 0.15) is 32.3 Å². The molecule has 1 aromatic heterocycles. The van der Waals surface area contributed by atoms with E-state index in [4.69, 9.17) is 16.7 Å². The van der Waals surface area contributed by atoms with Crippen molar-refractivity contribution in [2.24, 2.45) is 0 Å². The highest BCUT2D eigenvalue weighted by atomic mass is 35.5. The Kier molecular flexibility index (Phi) is 4.86. The molecule has 0 aliphatic heterocycles. The largest absolute Gasteiger partial charge is 0.481 e. The van der Waals surface area contributed by atoms with E-state index in [1.54, 1.807) is 13.8 Å². The zero-order valence-corrected chi connectivity index (χ0v) is 11.6. The van der Waals surface area contributed by atoms with Gasteiger partial charge in [0.1, 0.15) is 5.82 Å². The molecule has 0 spiro atoms. The molecule has 1 heterocycles. The highest BCUT2D eigenvalue weighted by Gasteiger charge is 2.32. The van der Waals surface area contributed by atoms with Crippen LogP contribution in [0.15, 0.2) is 12.3 Å². The number of halogens is 4. The first-order valence-electron chi connectivity index (χ1n) is 5.74. The van der Waals surface area contributed by atoms with Gasteiger partial charge in [0.25, 0.3) is 0 Å². The molecule has 112 valence electrons. The molecule has 0 fully saturated rings. The van der Waals surface area contributed by atoms with Gasteiger partial charge in [0.2, 0.25) is 0 Å². The molecule has 1 aromatic rings. The number of aromatic nitrogens is 1. The van der Waals surface area contributed by atoms with Gasteiger partial charge < -0.3 is 10.4 Å². The zero-order valence-electron chi connectivity index (χ0n) is 10.9. The molecule has 0 atom stereocenters. The molecule has 0 aliphatic rings. The first-order chi connectivity index (χ1) is 9.01. The van der Waals surface area contributed by atoms with Crippen LogP contribution in [0.25, 0.3) is 0 Å². The van der Waals surface area contributed by atoms with Crippen molar-refractivity contribution in [1.29, 1.82) is 0 Å². The lowest BCUT2D eigenvalue weighted by Gasteiger charge is -2.27. The van der Waals surface area contributed by atoms with Crippen LogP contribution >= 0.6 is 11.6 Å². The van der Waals surface area contributed by atoms with Gasteiger partial charge in [0.05, 0.1) is 10.6 Å². The fourth-order valence-electron chi connectivity index (χ4n) is 1.49. The average molecular weight is 311 g/mol. The number of pyridine rings is 1. The maximum Gasteiger partial charge on any atom is 0.417 e. The second-order valence-electron chi connectivity index (χ2n) is 4.95. The molecular weight excluding hydrogens is 297 g/mol. The fourth-order valence-corrected chi connectivity index (χ4v) is 1.70. The van der Waals surface area contributed by atoms with E-state index < -0.39 is 23.2 Å². The molecule has 1 rings (SSSR count). The van der Waals surface area contributed by atoms with Crippen molar-refractivity contribution in [3.8, 4) is 0 Å². The number of carbonyl (C=O) groups is 1. The van der Waals surface area contributed by atoms with E-state index in [0.29, 0.717) is 6.20 Å². The summed E-state index contributed by atoms with van der Waals surface area (Å²) in [4.78, 5) is 14.2. The molecule has 0 unspecified atom stereocenters. The van der Waals surface area contributed by atoms with Crippen LogP contribution in [-0.4, -0.2) is 21.6 Å². The van der Waals surface area contributed by atoms with E-state index >= 15 is 0 Å².